The fourth-order valence-electron chi connectivity index (χ4n) is 2.61. The summed E-state index contributed by atoms with van der Waals surface area (Å²) in [5, 5.41) is 4.52. The summed E-state index contributed by atoms with van der Waals surface area (Å²) in [5.41, 5.74) is 0.590. The molecule has 0 radical (unpaired) electrons. The van der Waals surface area contributed by atoms with Crippen LogP contribution in [0.1, 0.15) is 56.1 Å². The Hall–Kier alpha value is -1.36. The zero-order chi connectivity index (χ0) is 15.4. The molecule has 1 aliphatic rings. The van der Waals surface area contributed by atoms with Crippen molar-refractivity contribution >= 4 is 5.91 Å². The first-order chi connectivity index (χ1) is 10.1. The van der Waals surface area contributed by atoms with E-state index in [1.807, 2.05) is 35.9 Å². The highest BCUT2D eigenvalue weighted by Crippen LogP contribution is 2.28. The maximum atomic E-state index is 12.7. The van der Waals surface area contributed by atoms with Gasteiger partial charge in [0, 0.05) is 25.3 Å². The van der Waals surface area contributed by atoms with Crippen LogP contribution in [-0.2, 0) is 0 Å². The molecule has 5 heteroatoms. The van der Waals surface area contributed by atoms with Crippen molar-refractivity contribution in [2.75, 3.05) is 27.2 Å². The average molecular weight is 292 g/mol. The van der Waals surface area contributed by atoms with E-state index < -0.39 is 0 Å². The predicted molar refractivity (Wildman–Crippen MR) is 84.5 cm³/mol. The summed E-state index contributed by atoms with van der Waals surface area (Å²) in [6.07, 6.45) is 6.29. The van der Waals surface area contributed by atoms with Gasteiger partial charge >= 0.3 is 0 Å². The summed E-state index contributed by atoms with van der Waals surface area (Å²) in [6, 6.07) is 2.68. The normalized spacial score (nSPS) is 15.0. The molecule has 21 heavy (non-hydrogen) atoms. The molecule has 1 aromatic heterocycles. The maximum absolute atomic E-state index is 12.7. The third-order valence-electron chi connectivity index (χ3n) is 4.18. The number of amides is 1. The molecule has 0 spiro atoms. The largest absolute Gasteiger partial charge is 0.333 e. The van der Waals surface area contributed by atoms with Gasteiger partial charge in [0.25, 0.3) is 5.91 Å². The maximum Gasteiger partial charge on any atom is 0.274 e. The minimum absolute atomic E-state index is 0.0871. The van der Waals surface area contributed by atoms with Crippen LogP contribution in [-0.4, -0.2) is 58.7 Å². The Labute approximate surface area is 127 Å². The number of carbonyl (C=O) groups is 1. The molecule has 118 valence electrons. The van der Waals surface area contributed by atoms with E-state index in [9.17, 15) is 4.79 Å². The topological polar surface area (TPSA) is 41.4 Å². The summed E-state index contributed by atoms with van der Waals surface area (Å²) in [4.78, 5) is 16.8. The number of rotatable bonds is 8. The fraction of sp³-hybridized carbons (Fsp3) is 0.750. The Morgan fingerprint density at radius 2 is 2.00 bits per heavy atom. The second-order valence-electron chi connectivity index (χ2n) is 6.18. The average Bonchev–Trinajstić information content (AvgIpc) is 3.17. The second kappa shape index (κ2) is 7.07. The number of nitrogens with zero attached hydrogens (tertiary/aromatic N) is 4. The third kappa shape index (κ3) is 4.06. The Balaban J connectivity index is 2.06. The molecule has 1 fully saturated rings. The number of likely N-dealkylation sites (N-methyl/N-ethyl adjacent to an activating group) is 1. The first kappa shape index (κ1) is 16.0. The molecule has 1 amide bonds. The zero-order valence-corrected chi connectivity index (χ0v) is 13.7. The third-order valence-corrected chi connectivity index (χ3v) is 4.18. The summed E-state index contributed by atoms with van der Waals surface area (Å²) in [7, 11) is 4.08. The van der Waals surface area contributed by atoms with Gasteiger partial charge in [-0.2, -0.15) is 5.10 Å². The molecule has 1 heterocycles. The number of aromatic nitrogens is 2. The van der Waals surface area contributed by atoms with Gasteiger partial charge < -0.3 is 9.80 Å². The molecule has 0 unspecified atom stereocenters. The van der Waals surface area contributed by atoms with E-state index in [1.54, 1.807) is 0 Å². The van der Waals surface area contributed by atoms with Gasteiger partial charge in [0.1, 0.15) is 5.69 Å². The Kier molecular flexibility index (Phi) is 5.39. The van der Waals surface area contributed by atoms with Crippen LogP contribution < -0.4 is 0 Å². The van der Waals surface area contributed by atoms with Crippen LogP contribution in [0.15, 0.2) is 12.3 Å². The standard InChI is InChI=1S/C16H28N4O/c1-5-13(6-2)20-10-9-15(17-20)16(21)19(14-7-8-14)12-11-18(3)4/h9-10,13-14H,5-8,11-12H2,1-4H3. The highest BCUT2D eigenvalue weighted by molar-refractivity contribution is 5.92. The molecule has 1 saturated carbocycles. The minimum Gasteiger partial charge on any atom is -0.333 e. The molecule has 0 bridgehead atoms. The monoisotopic (exact) mass is 292 g/mol. The van der Waals surface area contributed by atoms with Crippen molar-refractivity contribution in [3.8, 4) is 0 Å². The summed E-state index contributed by atoms with van der Waals surface area (Å²) >= 11 is 0. The van der Waals surface area contributed by atoms with E-state index >= 15 is 0 Å². The Morgan fingerprint density at radius 1 is 1.33 bits per heavy atom. The van der Waals surface area contributed by atoms with E-state index in [-0.39, 0.29) is 5.91 Å². The van der Waals surface area contributed by atoms with Crippen molar-refractivity contribution in [2.45, 2.75) is 51.6 Å². The number of hydrogen-bond donors (Lipinski definition) is 0. The minimum atomic E-state index is 0.0871. The van der Waals surface area contributed by atoms with E-state index in [0.717, 1.165) is 38.8 Å². The molecule has 0 N–H and O–H groups in total. The fourth-order valence-corrected chi connectivity index (χ4v) is 2.61. The van der Waals surface area contributed by atoms with Crippen molar-refractivity contribution in [3.05, 3.63) is 18.0 Å². The van der Waals surface area contributed by atoms with Crippen LogP contribution in [0.4, 0.5) is 0 Å². The molecule has 1 aromatic rings. The lowest BCUT2D eigenvalue weighted by Crippen LogP contribution is -2.38. The van der Waals surface area contributed by atoms with Gasteiger partial charge in [-0.1, -0.05) is 13.8 Å². The van der Waals surface area contributed by atoms with Crippen molar-refractivity contribution in [2.24, 2.45) is 0 Å². The van der Waals surface area contributed by atoms with Crippen molar-refractivity contribution < 1.29 is 4.79 Å². The Bertz CT molecular complexity index is 461. The molecular weight excluding hydrogens is 264 g/mol. The summed E-state index contributed by atoms with van der Waals surface area (Å²) < 4.78 is 1.95. The van der Waals surface area contributed by atoms with Gasteiger partial charge in [-0.25, -0.2) is 0 Å². The molecule has 0 aliphatic heterocycles. The molecular formula is C16H28N4O. The molecule has 0 saturated heterocycles. The van der Waals surface area contributed by atoms with Crippen LogP contribution in [0.25, 0.3) is 0 Å². The predicted octanol–water partition coefficient (Wildman–Crippen LogP) is 2.41. The van der Waals surface area contributed by atoms with Gasteiger partial charge in [-0.3, -0.25) is 9.48 Å². The van der Waals surface area contributed by atoms with E-state index in [4.69, 9.17) is 0 Å². The van der Waals surface area contributed by atoms with Gasteiger partial charge in [-0.15, -0.1) is 0 Å². The zero-order valence-electron chi connectivity index (χ0n) is 13.7. The quantitative estimate of drug-likeness (QED) is 0.739. The number of hydrogen-bond acceptors (Lipinski definition) is 3. The SMILES string of the molecule is CCC(CC)n1ccc(C(=O)N(CCN(C)C)C2CC2)n1. The second-order valence-corrected chi connectivity index (χ2v) is 6.18. The van der Waals surface area contributed by atoms with Crippen LogP contribution in [0.2, 0.25) is 0 Å². The first-order valence-corrected chi connectivity index (χ1v) is 8.07. The lowest BCUT2D eigenvalue weighted by Gasteiger charge is -2.23. The van der Waals surface area contributed by atoms with Crippen LogP contribution >= 0.6 is 0 Å². The first-order valence-electron chi connectivity index (χ1n) is 8.07. The molecule has 5 nitrogen and oxygen atoms in total. The van der Waals surface area contributed by atoms with Crippen LogP contribution in [0, 0.1) is 0 Å². The lowest BCUT2D eigenvalue weighted by molar-refractivity contribution is 0.0724. The molecule has 0 aromatic carbocycles. The van der Waals surface area contributed by atoms with E-state index in [2.05, 4.69) is 23.8 Å². The number of carbonyl (C=O) groups excluding carboxylic acids is 1. The highest BCUT2D eigenvalue weighted by atomic mass is 16.2. The van der Waals surface area contributed by atoms with Gasteiger partial charge in [0.05, 0.1) is 6.04 Å². The van der Waals surface area contributed by atoms with Gasteiger partial charge in [0.15, 0.2) is 0 Å². The van der Waals surface area contributed by atoms with Crippen LogP contribution in [0.3, 0.4) is 0 Å². The smallest absolute Gasteiger partial charge is 0.274 e. The van der Waals surface area contributed by atoms with Crippen molar-refractivity contribution in [1.29, 1.82) is 0 Å². The lowest BCUT2D eigenvalue weighted by atomic mass is 10.2. The summed E-state index contributed by atoms with van der Waals surface area (Å²) in [6.45, 7) is 6.00. The van der Waals surface area contributed by atoms with Gasteiger partial charge in [-0.05, 0) is 45.8 Å². The van der Waals surface area contributed by atoms with Crippen molar-refractivity contribution in [1.82, 2.24) is 19.6 Å². The van der Waals surface area contributed by atoms with Gasteiger partial charge in [0.2, 0.25) is 0 Å². The summed E-state index contributed by atoms with van der Waals surface area (Å²) in [5.74, 6) is 0.0871. The van der Waals surface area contributed by atoms with Crippen molar-refractivity contribution in [3.63, 3.8) is 0 Å². The highest BCUT2D eigenvalue weighted by Gasteiger charge is 2.33. The van der Waals surface area contributed by atoms with Crippen LogP contribution in [0.5, 0.6) is 0 Å². The molecule has 1 aliphatic carbocycles. The Morgan fingerprint density at radius 3 is 2.52 bits per heavy atom. The molecule has 2 rings (SSSR count). The van der Waals surface area contributed by atoms with E-state index in [1.165, 1.54) is 0 Å². The van der Waals surface area contributed by atoms with E-state index in [0.29, 0.717) is 17.8 Å². The molecule has 0 atom stereocenters.